The molecule has 9 heteroatoms. The molecule has 0 saturated carbocycles. The van der Waals surface area contributed by atoms with E-state index in [9.17, 15) is 18.0 Å². The average Bonchev–Trinajstić information content (AvgIpc) is 3.00. The van der Waals surface area contributed by atoms with Crippen LogP contribution in [0.3, 0.4) is 0 Å². The van der Waals surface area contributed by atoms with E-state index in [1.54, 1.807) is 0 Å². The number of carbonyl (C=O) groups is 2. The predicted molar refractivity (Wildman–Crippen MR) is 104 cm³/mol. The van der Waals surface area contributed by atoms with Crippen LogP contribution in [0.2, 0.25) is 0 Å². The number of rotatable bonds is 8. The molecule has 1 saturated heterocycles. The van der Waals surface area contributed by atoms with Gasteiger partial charge in [0.2, 0.25) is 10.0 Å². The SMILES string of the molecule is C=CCNC(=O)COC(=O)c1ccc(OC)c(S(=O)(=O)N2CCCCCC2)c1. The third-order valence-corrected chi connectivity index (χ3v) is 6.28. The summed E-state index contributed by atoms with van der Waals surface area (Å²) in [7, 11) is -2.44. The molecular formula is C19H26N2O6S. The number of nitrogens with one attached hydrogen (secondary N) is 1. The predicted octanol–water partition coefficient (Wildman–Crippen LogP) is 1.72. The summed E-state index contributed by atoms with van der Waals surface area (Å²) in [5, 5.41) is 2.49. The van der Waals surface area contributed by atoms with Gasteiger partial charge in [0.05, 0.1) is 12.7 Å². The van der Waals surface area contributed by atoms with E-state index in [-0.39, 0.29) is 22.8 Å². The topological polar surface area (TPSA) is 102 Å². The highest BCUT2D eigenvalue weighted by atomic mass is 32.2. The minimum Gasteiger partial charge on any atom is -0.495 e. The van der Waals surface area contributed by atoms with E-state index in [2.05, 4.69) is 11.9 Å². The number of benzene rings is 1. The molecule has 0 spiro atoms. The standard InChI is InChI=1S/C19H26N2O6S/c1-3-10-20-18(22)14-27-19(23)15-8-9-16(26-2)17(13-15)28(24,25)21-11-6-4-5-7-12-21/h3,8-9,13H,1,4-7,10-12,14H2,2H3,(H,20,22). The van der Waals surface area contributed by atoms with Gasteiger partial charge in [-0.25, -0.2) is 13.2 Å². The van der Waals surface area contributed by atoms with E-state index in [1.807, 2.05) is 0 Å². The molecule has 8 nitrogen and oxygen atoms in total. The zero-order valence-corrected chi connectivity index (χ0v) is 16.8. The molecule has 0 unspecified atom stereocenters. The quantitative estimate of drug-likeness (QED) is 0.517. The Kier molecular flexibility index (Phi) is 8.01. The zero-order chi connectivity index (χ0) is 20.6. The lowest BCUT2D eigenvalue weighted by atomic mass is 10.2. The molecule has 1 aromatic carbocycles. The first-order valence-electron chi connectivity index (χ1n) is 9.13. The maximum absolute atomic E-state index is 13.1. The van der Waals surface area contributed by atoms with Gasteiger partial charge in [-0.15, -0.1) is 6.58 Å². The molecule has 1 heterocycles. The maximum atomic E-state index is 13.1. The monoisotopic (exact) mass is 410 g/mol. The minimum atomic E-state index is -3.82. The molecule has 1 aliphatic heterocycles. The summed E-state index contributed by atoms with van der Waals surface area (Å²) in [6.45, 7) is 4.14. The van der Waals surface area contributed by atoms with Gasteiger partial charge in [0.1, 0.15) is 10.6 Å². The van der Waals surface area contributed by atoms with Crippen LogP contribution in [0.4, 0.5) is 0 Å². The maximum Gasteiger partial charge on any atom is 0.338 e. The van der Waals surface area contributed by atoms with Gasteiger partial charge in [-0.1, -0.05) is 18.9 Å². The fraction of sp³-hybridized carbons (Fsp3) is 0.474. The van der Waals surface area contributed by atoms with Gasteiger partial charge in [0, 0.05) is 19.6 Å². The molecule has 1 N–H and O–H groups in total. The van der Waals surface area contributed by atoms with E-state index in [0.717, 1.165) is 25.7 Å². The third-order valence-electron chi connectivity index (χ3n) is 4.36. The van der Waals surface area contributed by atoms with Gasteiger partial charge in [0.25, 0.3) is 5.91 Å². The normalized spacial score (nSPS) is 15.3. The van der Waals surface area contributed by atoms with Crippen LogP contribution in [0.25, 0.3) is 0 Å². The minimum absolute atomic E-state index is 0.0331. The van der Waals surface area contributed by atoms with Crippen molar-refractivity contribution >= 4 is 21.9 Å². The third kappa shape index (κ3) is 5.56. The second-order valence-corrected chi connectivity index (χ2v) is 8.26. The number of hydrogen-bond acceptors (Lipinski definition) is 6. The van der Waals surface area contributed by atoms with Gasteiger partial charge in [-0.3, -0.25) is 4.79 Å². The molecule has 0 atom stereocenters. The number of amides is 1. The van der Waals surface area contributed by atoms with Gasteiger partial charge in [-0.05, 0) is 31.0 Å². The Bertz CT molecular complexity index is 814. The van der Waals surface area contributed by atoms with Crippen molar-refractivity contribution in [3.8, 4) is 5.75 Å². The van der Waals surface area contributed by atoms with Crippen LogP contribution in [-0.2, 0) is 19.6 Å². The number of hydrogen-bond donors (Lipinski definition) is 1. The first kappa shape index (κ1) is 21.9. The van der Waals surface area contributed by atoms with Gasteiger partial charge in [0.15, 0.2) is 6.61 Å². The number of nitrogens with zero attached hydrogens (tertiary/aromatic N) is 1. The Morgan fingerprint density at radius 3 is 2.50 bits per heavy atom. The number of methoxy groups -OCH3 is 1. The fourth-order valence-electron chi connectivity index (χ4n) is 2.88. The fourth-order valence-corrected chi connectivity index (χ4v) is 4.58. The number of sulfonamides is 1. The molecule has 0 aliphatic carbocycles. The van der Waals surface area contributed by atoms with Gasteiger partial charge in [-0.2, -0.15) is 4.31 Å². The zero-order valence-electron chi connectivity index (χ0n) is 16.0. The highest BCUT2D eigenvalue weighted by Crippen LogP contribution is 2.29. The van der Waals surface area contributed by atoms with Crippen LogP contribution >= 0.6 is 0 Å². The number of ether oxygens (including phenoxy) is 2. The molecular weight excluding hydrogens is 384 g/mol. The molecule has 0 aromatic heterocycles. The van der Waals surface area contributed by atoms with E-state index in [1.165, 1.54) is 35.7 Å². The van der Waals surface area contributed by atoms with Crippen molar-refractivity contribution in [3.05, 3.63) is 36.4 Å². The summed E-state index contributed by atoms with van der Waals surface area (Å²) in [5.41, 5.74) is 0.0331. The van der Waals surface area contributed by atoms with Crippen LogP contribution in [0.15, 0.2) is 35.7 Å². The summed E-state index contributed by atoms with van der Waals surface area (Å²) < 4.78 is 37.8. The van der Waals surface area contributed by atoms with Gasteiger partial charge >= 0.3 is 5.97 Å². The van der Waals surface area contributed by atoms with Crippen LogP contribution < -0.4 is 10.1 Å². The van der Waals surface area contributed by atoms with E-state index in [4.69, 9.17) is 9.47 Å². The first-order chi connectivity index (χ1) is 13.4. The van der Waals surface area contributed by atoms with Crippen molar-refractivity contribution in [1.82, 2.24) is 9.62 Å². The highest BCUT2D eigenvalue weighted by Gasteiger charge is 2.29. The molecule has 0 bridgehead atoms. The molecule has 1 aromatic rings. The lowest BCUT2D eigenvalue weighted by molar-refractivity contribution is -0.124. The second kappa shape index (κ2) is 10.2. The Hall–Kier alpha value is -2.39. The Balaban J connectivity index is 2.21. The van der Waals surface area contributed by atoms with Crippen molar-refractivity contribution in [2.45, 2.75) is 30.6 Å². The second-order valence-electron chi connectivity index (χ2n) is 6.35. The van der Waals surface area contributed by atoms with Crippen molar-refractivity contribution < 1.29 is 27.5 Å². The van der Waals surface area contributed by atoms with Crippen LogP contribution in [0.1, 0.15) is 36.0 Å². The lowest BCUT2D eigenvalue weighted by Gasteiger charge is -2.21. The van der Waals surface area contributed by atoms with Crippen molar-refractivity contribution in [2.75, 3.05) is 33.4 Å². The van der Waals surface area contributed by atoms with Crippen LogP contribution in [0.5, 0.6) is 5.75 Å². The Morgan fingerprint density at radius 1 is 1.21 bits per heavy atom. The first-order valence-corrected chi connectivity index (χ1v) is 10.6. The average molecular weight is 410 g/mol. The van der Waals surface area contributed by atoms with Crippen molar-refractivity contribution in [3.63, 3.8) is 0 Å². The van der Waals surface area contributed by atoms with E-state index in [0.29, 0.717) is 13.1 Å². The number of carbonyl (C=O) groups excluding carboxylic acids is 2. The summed E-state index contributed by atoms with van der Waals surface area (Å²) in [6, 6.07) is 4.06. The Morgan fingerprint density at radius 2 is 1.89 bits per heavy atom. The highest BCUT2D eigenvalue weighted by molar-refractivity contribution is 7.89. The summed E-state index contributed by atoms with van der Waals surface area (Å²) in [4.78, 5) is 23.7. The smallest absolute Gasteiger partial charge is 0.338 e. The molecule has 28 heavy (non-hydrogen) atoms. The summed E-state index contributed by atoms with van der Waals surface area (Å²) in [6.07, 6.45) is 5.07. The Labute approximate surface area is 165 Å². The molecule has 154 valence electrons. The van der Waals surface area contributed by atoms with E-state index >= 15 is 0 Å². The number of esters is 1. The largest absolute Gasteiger partial charge is 0.495 e. The molecule has 1 aliphatic rings. The molecule has 2 rings (SSSR count). The van der Waals surface area contributed by atoms with Crippen molar-refractivity contribution in [2.24, 2.45) is 0 Å². The summed E-state index contributed by atoms with van der Waals surface area (Å²) in [5.74, 6) is -1.10. The van der Waals surface area contributed by atoms with E-state index < -0.39 is 28.5 Å². The summed E-state index contributed by atoms with van der Waals surface area (Å²) >= 11 is 0. The lowest BCUT2D eigenvalue weighted by Crippen LogP contribution is -2.32. The van der Waals surface area contributed by atoms with Crippen LogP contribution in [0, 0.1) is 0 Å². The molecule has 0 radical (unpaired) electrons. The van der Waals surface area contributed by atoms with Crippen molar-refractivity contribution in [1.29, 1.82) is 0 Å². The van der Waals surface area contributed by atoms with Gasteiger partial charge < -0.3 is 14.8 Å². The molecule has 1 fully saturated rings. The molecule has 1 amide bonds. The van der Waals surface area contributed by atoms with Crippen LogP contribution in [-0.4, -0.2) is 58.0 Å².